The molecule has 1 aromatic heterocycles. The van der Waals surface area contributed by atoms with Gasteiger partial charge in [0.2, 0.25) is 5.95 Å². The topological polar surface area (TPSA) is 121 Å². The van der Waals surface area contributed by atoms with Gasteiger partial charge in [-0.05, 0) is 43.3 Å². The smallest absolute Gasteiger partial charge is 0.419 e. The summed E-state index contributed by atoms with van der Waals surface area (Å²) in [4.78, 5) is 28.3. The average molecular weight is 542 g/mol. The van der Waals surface area contributed by atoms with Crippen LogP contribution in [0.1, 0.15) is 21.6 Å². The number of carbonyl (C=O) groups excluding carboxylic acids is 2. The highest BCUT2D eigenvalue weighted by Gasteiger charge is 2.37. The molecular weight excluding hydrogens is 523 g/mol. The number of nitrogens with two attached hydrogens (primary N) is 1. The Labute approximate surface area is 210 Å². The van der Waals surface area contributed by atoms with Gasteiger partial charge in [0.05, 0.1) is 24.8 Å². The first-order chi connectivity index (χ1) is 17.3. The van der Waals surface area contributed by atoms with Crippen LogP contribution in [-0.4, -0.2) is 39.2 Å². The Hall–Kier alpha value is -3.75. The van der Waals surface area contributed by atoms with Crippen LogP contribution in [0.15, 0.2) is 53.4 Å². The van der Waals surface area contributed by atoms with E-state index in [1.165, 1.54) is 38.2 Å². The average Bonchev–Trinajstić information content (AvgIpc) is 2.83. The number of nitrogens with one attached hydrogen (secondary N) is 1. The number of nitrogens with zero attached hydrogens (tertiary/aromatic N) is 2. The molecule has 0 unspecified atom stereocenters. The minimum absolute atomic E-state index is 0.00186. The highest BCUT2D eigenvalue weighted by molar-refractivity contribution is 7.89. The van der Waals surface area contributed by atoms with E-state index < -0.39 is 64.5 Å². The maximum atomic E-state index is 15.0. The molecule has 2 aromatic carbocycles. The molecule has 3 aromatic rings. The number of aromatic nitrogens is 1. The normalized spacial score (nSPS) is 12.1. The summed E-state index contributed by atoms with van der Waals surface area (Å²) in [6.45, 7) is 0.940. The van der Waals surface area contributed by atoms with Gasteiger partial charge in [-0.1, -0.05) is 6.07 Å². The molecule has 2 amide bonds. The SMILES string of the molecule is Cc1nc(F)ccc1Oc1ccc(C(F)(F)F)c(F)c1C(=O)Nc1cccc([S@@+]([O-])N(C)C(=O)CN)c1. The fraction of sp³-hybridized carbons (Fsp3) is 0.174. The van der Waals surface area contributed by atoms with Gasteiger partial charge >= 0.3 is 6.18 Å². The molecule has 37 heavy (non-hydrogen) atoms. The van der Waals surface area contributed by atoms with Crippen LogP contribution < -0.4 is 15.8 Å². The number of ether oxygens (including phenoxy) is 1. The Bertz CT molecular complexity index is 1340. The van der Waals surface area contributed by atoms with Crippen LogP contribution in [0.4, 0.5) is 27.6 Å². The Morgan fingerprint density at radius 3 is 2.43 bits per heavy atom. The van der Waals surface area contributed by atoms with Crippen LogP contribution in [0.25, 0.3) is 0 Å². The predicted molar refractivity (Wildman–Crippen MR) is 123 cm³/mol. The summed E-state index contributed by atoms with van der Waals surface area (Å²) in [5.74, 6) is -5.42. The van der Waals surface area contributed by atoms with Crippen LogP contribution in [0, 0.1) is 18.7 Å². The first-order valence-corrected chi connectivity index (χ1v) is 11.4. The van der Waals surface area contributed by atoms with Crippen molar-refractivity contribution in [1.82, 2.24) is 9.29 Å². The molecule has 0 aliphatic rings. The molecule has 3 rings (SSSR count). The third-order valence-corrected chi connectivity index (χ3v) is 6.29. The van der Waals surface area contributed by atoms with Crippen LogP contribution in [0.2, 0.25) is 0 Å². The molecule has 8 nitrogen and oxygen atoms in total. The molecule has 1 heterocycles. The van der Waals surface area contributed by atoms with Crippen molar-refractivity contribution in [3.63, 3.8) is 0 Å². The second-order valence-electron chi connectivity index (χ2n) is 7.44. The van der Waals surface area contributed by atoms with Gasteiger partial charge in [-0.25, -0.2) is 9.37 Å². The lowest BCUT2D eigenvalue weighted by Crippen LogP contribution is -2.37. The third kappa shape index (κ3) is 6.34. The Kier molecular flexibility index (Phi) is 8.35. The minimum atomic E-state index is -5.12. The number of likely N-dealkylation sites (N-methyl/N-ethyl adjacent to an activating group) is 1. The zero-order valence-corrected chi connectivity index (χ0v) is 20.0. The predicted octanol–water partition coefficient (Wildman–Crippen LogP) is 4.17. The number of pyridine rings is 1. The van der Waals surface area contributed by atoms with Crippen molar-refractivity contribution in [2.24, 2.45) is 5.73 Å². The monoisotopic (exact) mass is 542 g/mol. The van der Waals surface area contributed by atoms with Crippen LogP contribution in [0.3, 0.4) is 0 Å². The first-order valence-electron chi connectivity index (χ1n) is 10.3. The zero-order valence-electron chi connectivity index (χ0n) is 19.2. The van der Waals surface area contributed by atoms with E-state index in [-0.39, 0.29) is 22.0 Å². The second kappa shape index (κ2) is 11.1. The molecule has 0 radical (unpaired) electrons. The van der Waals surface area contributed by atoms with Crippen molar-refractivity contribution in [1.29, 1.82) is 0 Å². The molecule has 3 N–H and O–H groups in total. The molecule has 0 saturated carbocycles. The van der Waals surface area contributed by atoms with E-state index in [1.54, 1.807) is 0 Å². The molecule has 14 heteroatoms. The Morgan fingerprint density at radius 2 is 1.81 bits per heavy atom. The molecule has 196 valence electrons. The molecule has 0 spiro atoms. The first kappa shape index (κ1) is 27.8. The van der Waals surface area contributed by atoms with Gasteiger partial charge in [0, 0.05) is 11.8 Å². The number of benzene rings is 2. The summed E-state index contributed by atoms with van der Waals surface area (Å²) in [6, 6.07) is 8.42. The lowest BCUT2D eigenvalue weighted by Gasteiger charge is -2.19. The van der Waals surface area contributed by atoms with Gasteiger partial charge in [0.25, 0.3) is 11.8 Å². The van der Waals surface area contributed by atoms with Crippen LogP contribution in [0.5, 0.6) is 11.5 Å². The summed E-state index contributed by atoms with van der Waals surface area (Å²) >= 11 is -2.02. The summed E-state index contributed by atoms with van der Waals surface area (Å²) in [5, 5.41) is 2.24. The van der Waals surface area contributed by atoms with Crippen LogP contribution in [-0.2, 0) is 22.3 Å². The number of amides is 2. The van der Waals surface area contributed by atoms with Crippen molar-refractivity contribution in [3.05, 3.63) is 77.1 Å². The van der Waals surface area contributed by atoms with Gasteiger partial charge in [-0.3, -0.25) is 9.59 Å². The van der Waals surface area contributed by atoms with Crippen molar-refractivity contribution < 1.29 is 40.8 Å². The maximum absolute atomic E-state index is 15.0. The molecule has 0 saturated heterocycles. The van der Waals surface area contributed by atoms with E-state index in [1.807, 2.05) is 0 Å². The number of rotatable bonds is 7. The van der Waals surface area contributed by atoms with Crippen molar-refractivity contribution in [2.75, 3.05) is 18.9 Å². The fourth-order valence-corrected chi connectivity index (χ4v) is 4.07. The minimum Gasteiger partial charge on any atom is -0.588 e. The molecule has 0 aliphatic carbocycles. The van der Waals surface area contributed by atoms with Gasteiger partial charge < -0.3 is 20.3 Å². The van der Waals surface area contributed by atoms with Crippen molar-refractivity contribution >= 4 is 28.9 Å². The Morgan fingerprint density at radius 1 is 1.14 bits per heavy atom. The lowest BCUT2D eigenvalue weighted by atomic mass is 10.1. The maximum Gasteiger partial charge on any atom is 0.419 e. The fourth-order valence-electron chi connectivity index (χ4n) is 3.07. The van der Waals surface area contributed by atoms with E-state index in [0.29, 0.717) is 6.07 Å². The number of aryl methyl sites for hydroxylation is 1. The van der Waals surface area contributed by atoms with Crippen molar-refractivity contribution in [3.8, 4) is 11.5 Å². The summed E-state index contributed by atoms with van der Waals surface area (Å²) < 4.78 is 87.3. The van der Waals surface area contributed by atoms with Gasteiger partial charge in [0.15, 0.2) is 10.7 Å². The molecule has 1 atom stereocenters. The highest BCUT2D eigenvalue weighted by atomic mass is 32.2. The molecular formula is C23H19F5N4O4S. The van der Waals surface area contributed by atoms with E-state index in [9.17, 15) is 31.7 Å². The summed E-state index contributed by atoms with van der Waals surface area (Å²) in [7, 11) is 1.24. The Balaban J connectivity index is 2.00. The van der Waals surface area contributed by atoms with Crippen LogP contribution >= 0.6 is 0 Å². The van der Waals surface area contributed by atoms with E-state index in [2.05, 4.69) is 10.3 Å². The standard InChI is InChI=1S/C23H19F5N4O4S/c1-12-16(8-9-18(24)30-12)36-17-7-6-15(23(26,27)28)21(25)20(17)22(34)31-13-4-3-5-14(10-13)37(35)32(2)19(33)11-29/h3-10H,11,29H2,1-2H3,(H,31,34)/t37-/m1/s1. The van der Waals surface area contributed by atoms with Gasteiger partial charge in [-0.15, -0.1) is 0 Å². The summed E-state index contributed by atoms with van der Waals surface area (Å²) in [6.07, 6.45) is -5.12. The third-order valence-electron chi connectivity index (χ3n) is 4.93. The van der Waals surface area contributed by atoms with E-state index >= 15 is 4.39 Å². The highest BCUT2D eigenvalue weighted by Crippen LogP contribution is 2.38. The van der Waals surface area contributed by atoms with Crippen molar-refractivity contribution in [2.45, 2.75) is 18.0 Å². The lowest BCUT2D eigenvalue weighted by molar-refractivity contribution is -0.140. The largest absolute Gasteiger partial charge is 0.588 e. The molecule has 0 aliphatic heterocycles. The van der Waals surface area contributed by atoms with Gasteiger partial charge in [-0.2, -0.15) is 21.9 Å². The van der Waals surface area contributed by atoms with Gasteiger partial charge in [0.1, 0.15) is 28.4 Å². The number of carbonyl (C=O) groups is 2. The van der Waals surface area contributed by atoms with E-state index in [4.69, 9.17) is 10.5 Å². The number of halogens is 5. The number of alkyl halides is 3. The molecule has 0 bridgehead atoms. The second-order valence-corrected chi connectivity index (χ2v) is 8.96. The molecule has 0 fully saturated rings. The number of hydrogen-bond donors (Lipinski definition) is 2. The summed E-state index contributed by atoms with van der Waals surface area (Å²) in [5.41, 5.74) is 2.40. The zero-order chi connectivity index (χ0) is 27.5. The number of anilines is 1. The quantitative estimate of drug-likeness (QED) is 0.263. The number of hydrogen-bond acceptors (Lipinski definition) is 6. The van der Waals surface area contributed by atoms with E-state index in [0.717, 1.165) is 22.5 Å².